The second kappa shape index (κ2) is 5.15. The topological polar surface area (TPSA) is 78.2 Å². The largest absolute Gasteiger partial charge is 0.478 e. The highest BCUT2D eigenvalue weighted by Crippen LogP contribution is 2.16. The van der Waals surface area contributed by atoms with Gasteiger partial charge < -0.3 is 5.11 Å². The number of benzene rings is 2. The summed E-state index contributed by atoms with van der Waals surface area (Å²) in [5, 5.41) is 17.9. The van der Waals surface area contributed by atoms with Crippen molar-refractivity contribution >= 4 is 11.8 Å². The number of ketones is 1. The third-order valence-electron chi connectivity index (χ3n) is 2.67. The van der Waals surface area contributed by atoms with E-state index in [1.54, 1.807) is 30.3 Å². The lowest BCUT2D eigenvalue weighted by molar-refractivity contribution is 0.0697. The van der Waals surface area contributed by atoms with Gasteiger partial charge >= 0.3 is 5.97 Å². The molecule has 92 valence electrons. The summed E-state index contributed by atoms with van der Waals surface area (Å²) in [4.78, 5) is 23.2. The van der Waals surface area contributed by atoms with E-state index >= 15 is 0 Å². The standard InChI is InChI=1S/C15H9NO3/c16-9-12-7-6-11(15(18)19)8-13(12)14(17)10-4-2-1-3-5-10/h1-8H,(H,18,19). The molecular formula is C15H9NO3. The Morgan fingerprint density at radius 3 is 2.26 bits per heavy atom. The summed E-state index contributed by atoms with van der Waals surface area (Å²) in [5.41, 5.74) is 0.673. The molecule has 4 nitrogen and oxygen atoms in total. The van der Waals surface area contributed by atoms with Crippen LogP contribution in [-0.4, -0.2) is 16.9 Å². The Hall–Kier alpha value is -2.93. The number of aromatic carboxylic acids is 1. The first kappa shape index (κ1) is 12.5. The van der Waals surface area contributed by atoms with Crippen molar-refractivity contribution < 1.29 is 14.7 Å². The number of carboxylic acid groups (broad SMARTS) is 1. The summed E-state index contributed by atoms with van der Waals surface area (Å²) in [6, 6.07) is 14.2. The molecule has 0 aliphatic rings. The van der Waals surface area contributed by atoms with Gasteiger partial charge in [0.2, 0.25) is 0 Å². The van der Waals surface area contributed by atoms with Crippen LogP contribution in [0, 0.1) is 11.3 Å². The lowest BCUT2D eigenvalue weighted by Crippen LogP contribution is -2.07. The summed E-state index contributed by atoms with van der Waals surface area (Å²) in [7, 11) is 0. The maximum Gasteiger partial charge on any atom is 0.335 e. The molecule has 0 fully saturated rings. The van der Waals surface area contributed by atoms with E-state index in [1.807, 2.05) is 6.07 Å². The zero-order chi connectivity index (χ0) is 13.8. The molecule has 4 heteroatoms. The molecule has 0 saturated heterocycles. The second-order valence-electron chi connectivity index (χ2n) is 3.87. The summed E-state index contributed by atoms with van der Waals surface area (Å²) >= 11 is 0. The van der Waals surface area contributed by atoms with Crippen molar-refractivity contribution in [1.29, 1.82) is 5.26 Å². The predicted octanol–water partition coefficient (Wildman–Crippen LogP) is 2.49. The first-order valence-corrected chi connectivity index (χ1v) is 5.50. The number of carbonyl (C=O) groups excluding carboxylic acids is 1. The molecule has 0 radical (unpaired) electrons. The van der Waals surface area contributed by atoms with Crippen LogP contribution in [0.5, 0.6) is 0 Å². The van der Waals surface area contributed by atoms with Crippen LogP contribution in [-0.2, 0) is 0 Å². The predicted molar refractivity (Wildman–Crippen MR) is 68.0 cm³/mol. The molecule has 0 atom stereocenters. The highest BCUT2D eigenvalue weighted by molar-refractivity contribution is 6.11. The minimum Gasteiger partial charge on any atom is -0.478 e. The average Bonchev–Trinajstić information content (AvgIpc) is 2.46. The SMILES string of the molecule is N#Cc1ccc(C(=O)O)cc1C(=O)c1ccccc1. The quantitative estimate of drug-likeness (QED) is 0.850. The Balaban J connectivity index is 2.55. The molecule has 0 unspecified atom stereocenters. The van der Waals surface area contributed by atoms with Gasteiger partial charge in [-0.05, 0) is 18.2 Å². The van der Waals surface area contributed by atoms with Gasteiger partial charge in [-0.1, -0.05) is 30.3 Å². The molecule has 1 N–H and O–H groups in total. The van der Waals surface area contributed by atoms with Crippen LogP contribution in [0.3, 0.4) is 0 Å². The third-order valence-corrected chi connectivity index (χ3v) is 2.67. The van der Waals surface area contributed by atoms with Crippen molar-refractivity contribution in [1.82, 2.24) is 0 Å². The van der Waals surface area contributed by atoms with Crippen molar-refractivity contribution in [2.75, 3.05) is 0 Å². The summed E-state index contributed by atoms with van der Waals surface area (Å²) in [5.74, 6) is -1.49. The molecule has 0 amide bonds. The van der Waals surface area contributed by atoms with Gasteiger partial charge in [0.1, 0.15) is 0 Å². The van der Waals surface area contributed by atoms with Crippen LogP contribution >= 0.6 is 0 Å². The zero-order valence-corrected chi connectivity index (χ0v) is 9.83. The van der Waals surface area contributed by atoms with Crippen molar-refractivity contribution in [3.8, 4) is 6.07 Å². The number of hydrogen-bond acceptors (Lipinski definition) is 3. The van der Waals surface area contributed by atoms with E-state index in [2.05, 4.69) is 0 Å². The normalized spacial score (nSPS) is 9.63. The van der Waals surface area contributed by atoms with Gasteiger partial charge in [-0.15, -0.1) is 0 Å². The number of nitrogens with zero attached hydrogens (tertiary/aromatic N) is 1. The van der Waals surface area contributed by atoms with E-state index < -0.39 is 5.97 Å². The maximum absolute atomic E-state index is 12.3. The van der Waals surface area contributed by atoms with Gasteiger partial charge in [-0.2, -0.15) is 5.26 Å². The molecule has 0 aromatic heterocycles. The molecule has 0 heterocycles. The zero-order valence-electron chi connectivity index (χ0n) is 9.83. The van der Waals surface area contributed by atoms with Crippen LogP contribution in [0.25, 0.3) is 0 Å². The van der Waals surface area contributed by atoms with E-state index in [-0.39, 0.29) is 22.5 Å². The second-order valence-corrected chi connectivity index (χ2v) is 3.87. The highest BCUT2D eigenvalue weighted by atomic mass is 16.4. The molecular weight excluding hydrogens is 242 g/mol. The Morgan fingerprint density at radius 1 is 1.00 bits per heavy atom. The first-order valence-electron chi connectivity index (χ1n) is 5.50. The Bertz CT molecular complexity index is 684. The lowest BCUT2D eigenvalue weighted by atomic mass is 9.97. The summed E-state index contributed by atoms with van der Waals surface area (Å²) in [6.45, 7) is 0. The average molecular weight is 251 g/mol. The van der Waals surface area contributed by atoms with Gasteiger partial charge in [-0.3, -0.25) is 4.79 Å². The first-order chi connectivity index (χ1) is 9.13. The molecule has 0 aliphatic heterocycles. The van der Waals surface area contributed by atoms with Crippen molar-refractivity contribution in [2.45, 2.75) is 0 Å². The number of rotatable bonds is 3. The Morgan fingerprint density at radius 2 is 1.68 bits per heavy atom. The number of nitriles is 1. The fourth-order valence-electron chi connectivity index (χ4n) is 1.71. The van der Waals surface area contributed by atoms with Crippen LogP contribution in [0.2, 0.25) is 0 Å². The molecule has 2 rings (SSSR count). The number of carboxylic acids is 1. The third kappa shape index (κ3) is 2.50. The van der Waals surface area contributed by atoms with Crippen LogP contribution < -0.4 is 0 Å². The summed E-state index contributed by atoms with van der Waals surface area (Å²) < 4.78 is 0. The minimum absolute atomic E-state index is 0.0155. The van der Waals surface area contributed by atoms with Gasteiger partial charge in [0.05, 0.1) is 17.2 Å². The van der Waals surface area contributed by atoms with Gasteiger partial charge in [0, 0.05) is 11.1 Å². The van der Waals surface area contributed by atoms with E-state index in [0.717, 1.165) is 0 Å². The molecule has 2 aromatic rings. The fourth-order valence-corrected chi connectivity index (χ4v) is 1.71. The molecule has 0 saturated carbocycles. The van der Waals surface area contributed by atoms with E-state index in [9.17, 15) is 9.59 Å². The molecule has 2 aromatic carbocycles. The van der Waals surface area contributed by atoms with Crippen LogP contribution in [0.1, 0.15) is 31.8 Å². The van der Waals surface area contributed by atoms with Crippen molar-refractivity contribution in [3.05, 3.63) is 70.8 Å². The molecule has 0 spiro atoms. The smallest absolute Gasteiger partial charge is 0.335 e. The number of hydrogen-bond donors (Lipinski definition) is 1. The Kier molecular flexibility index (Phi) is 3.39. The van der Waals surface area contributed by atoms with Gasteiger partial charge in [0.25, 0.3) is 0 Å². The lowest BCUT2D eigenvalue weighted by Gasteiger charge is -2.04. The van der Waals surface area contributed by atoms with E-state index in [1.165, 1.54) is 18.2 Å². The molecule has 0 aliphatic carbocycles. The summed E-state index contributed by atoms with van der Waals surface area (Å²) in [6.07, 6.45) is 0. The van der Waals surface area contributed by atoms with E-state index in [4.69, 9.17) is 10.4 Å². The molecule has 19 heavy (non-hydrogen) atoms. The monoisotopic (exact) mass is 251 g/mol. The number of carbonyl (C=O) groups is 2. The highest BCUT2D eigenvalue weighted by Gasteiger charge is 2.16. The van der Waals surface area contributed by atoms with Crippen molar-refractivity contribution in [3.63, 3.8) is 0 Å². The van der Waals surface area contributed by atoms with Crippen LogP contribution in [0.4, 0.5) is 0 Å². The van der Waals surface area contributed by atoms with Gasteiger partial charge in [-0.25, -0.2) is 4.79 Å². The Labute approximate surface area is 109 Å². The van der Waals surface area contributed by atoms with Crippen molar-refractivity contribution in [2.24, 2.45) is 0 Å². The van der Waals surface area contributed by atoms with E-state index in [0.29, 0.717) is 5.56 Å². The molecule has 0 bridgehead atoms. The fraction of sp³-hybridized carbons (Fsp3) is 0. The van der Waals surface area contributed by atoms with Gasteiger partial charge in [0.15, 0.2) is 5.78 Å². The van der Waals surface area contributed by atoms with Crippen LogP contribution in [0.15, 0.2) is 48.5 Å². The minimum atomic E-state index is -1.13. The maximum atomic E-state index is 12.3.